The Morgan fingerprint density at radius 1 is 1.17 bits per heavy atom. The number of ketones is 1. The van der Waals surface area contributed by atoms with Gasteiger partial charge in [-0.15, -0.1) is 0 Å². The number of benzene rings is 1. The molecule has 1 aliphatic heterocycles. The number of rotatable bonds is 1. The Morgan fingerprint density at radius 3 is 2.67 bits per heavy atom. The van der Waals surface area contributed by atoms with E-state index in [2.05, 4.69) is 0 Å². The van der Waals surface area contributed by atoms with Gasteiger partial charge in [0.2, 0.25) is 0 Å². The first kappa shape index (κ1) is 11.5. The number of Topliss-reactive ketones (excluding diaryl/α,β-unsaturated/α-hetero) is 1. The molecule has 0 saturated heterocycles. The number of hydrogen-bond donors (Lipinski definition) is 0. The molecule has 1 aliphatic carbocycles. The normalized spacial score (nSPS) is 21.2. The maximum atomic E-state index is 12.3. The van der Waals surface area contributed by atoms with Crippen LogP contribution in [0.2, 0.25) is 0 Å². The summed E-state index contributed by atoms with van der Waals surface area (Å²) in [5.41, 5.74) is 0.621. The predicted molar refractivity (Wildman–Crippen MR) is 67.2 cm³/mol. The molecule has 1 aromatic rings. The zero-order valence-electron chi connectivity index (χ0n) is 10.3. The lowest BCUT2D eigenvalue weighted by atomic mass is 9.78. The molecule has 0 atom stereocenters. The molecule has 1 fully saturated rings. The summed E-state index contributed by atoms with van der Waals surface area (Å²) in [6.07, 6.45) is 6.52. The van der Waals surface area contributed by atoms with E-state index in [4.69, 9.17) is 4.74 Å². The Morgan fingerprint density at radius 2 is 1.94 bits per heavy atom. The van der Waals surface area contributed by atoms with Gasteiger partial charge in [0.15, 0.2) is 12.1 Å². The second kappa shape index (κ2) is 4.23. The Hall–Kier alpha value is -1.64. The molecule has 2 aliphatic rings. The van der Waals surface area contributed by atoms with Crippen LogP contribution in [0.3, 0.4) is 0 Å². The molecule has 1 saturated carbocycles. The fourth-order valence-corrected chi connectivity index (χ4v) is 3.16. The smallest absolute Gasteiger partial charge is 0.171 e. The molecule has 18 heavy (non-hydrogen) atoms. The molecule has 0 bridgehead atoms. The minimum Gasteiger partial charge on any atom is -0.486 e. The van der Waals surface area contributed by atoms with E-state index in [0.29, 0.717) is 23.3 Å². The Labute approximate surface area is 106 Å². The Bertz CT molecular complexity index is 498. The van der Waals surface area contributed by atoms with E-state index in [0.717, 1.165) is 32.0 Å². The van der Waals surface area contributed by atoms with Crippen LogP contribution >= 0.6 is 0 Å². The van der Waals surface area contributed by atoms with Crippen molar-refractivity contribution < 1.29 is 14.3 Å². The summed E-state index contributed by atoms with van der Waals surface area (Å²) in [5.74, 6) is 0.651. The summed E-state index contributed by atoms with van der Waals surface area (Å²) in [5, 5.41) is 0. The maximum Gasteiger partial charge on any atom is 0.171 e. The van der Waals surface area contributed by atoms with Crippen molar-refractivity contribution in [2.24, 2.45) is 0 Å². The third-order valence-corrected chi connectivity index (χ3v) is 4.04. The number of fused-ring (bicyclic) bond motifs is 1. The van der Waals surface area contributed by atoms with Crippen LogP contribution < -0.4 is 4.74 Å². The van der Waals surface area contributed by atoms with Gasteiger partial charge in [-0.25, -0.2) is 0 Å². The van der Waals surface area contributed by atoms with Crippen LogP contribution in [0, 0.1) is 0 Å². The van der Waals surface area contributed by atoms with Gasteiger partial charge in [0.05, 0.1) is 12.0 Å². The standard InChI is InChI=1S/C15H16O3/c16-10-11-5-4-6-13-14(11)12(17)9-15(18-13)7-2-1-3-8-15/h4-6,10H,1-3,7-9H2. The summed E-state index contributed by atoms with van der Waals surface area (Å²) in [6.45, 7) is 0. The average Bonchev–Trinajstić information content (AvgIpc) is 2.38. The van der Waals surface area contributed by atoms with Crippen molar-refractivity contribution in [1.29, 1.82) is 0 Å². The molecule has 0 aromatic heterocycles. The van der Waals surface area contributed by atoms with E-state index < -0.39 is 0 Å². The number of carbonyl (C=O) groups excluding carboxylic acids is 2. The van der Waals surface area contributed by atoms with Crippen LogP contribution in [0.25, 0.3) is 0 Å². The fourth-order valence-electron chi connectivity index (χ4n) is 3.16. The quantitative estimate of drug-likeness (QED) is 0.713. The van der Waals surface area contributed by atoms with Gasteiger partial charge in [0, 0.05) is 5.56 Å². The molecule has 1 aromatic carbocycles. The molecular formula is C15H16O3. The van der Waals surface area contributed by atoms with Crippen LogP contribution in [0.4, 0.5) is 0 Å². The zero-order valence-corrected chi connectivity index (χ0v) is 10.3. The summed E-state index contributed by atoms with van der Waals surface area (Å²) in [7, 11) is 0. The first-order chi connectivity index (χ1) is 8.74. The van der Waals surface area contributed by atoms with Gasteiger partial charge in [-0.2, -0.15) is 0 Å². The molecule has 0 amide bonds. The van der Waals surface area contributed by atoms with Gasteiger partial charge in [0.1, 0.15) is 11.4 Å². The lowest BCUT2D eigenvalue weighted by Crippen LogP contribution is -2.43. The summed E-state index contributed by atoms with van der Waals surface area (Å²) in [4.78, 5) is 23.3. The van der Waals surface area contributed by atoms with E-state index in [1.807, 2.05) is 0 Å². The number of hydrogen-bond acceptors (Lipinski definition) is 3. The third kappa shape index (κ3) is 1.74. The molecule has 3 nitrogen and oxygen atoms in total. The molecule has 94 valence electrons. The molecule has 3 heteroatoms. The van der Waals surface area contributed by atoms with E-state index in [9.17, 15) is 9.59 Å². The van der Waals surface area contributed by atoms with E-state index in [-0.39, 0.29) is 11.4 Å². The van der Waals surface area contributed by atoms with Crippen molar-refractivity contribution in [2.75, 3.05) is 0 Å². The van der Waals surface area contributed by atoms with Gasteiger partial charge < -0.3 is 4.74 Å². The minimum atomic E-state index is -0.302. The van der Waals surface area contributed by atoms with E-state index in [1.165, 1.54) is 6.42 Å². The molecule has 0 unspecified atom stereocenters. The lowest BCUT2D eigenvalue weighted by Gasteiger charge is -2.40. The second-order valence-corrected chi connectivity index (χ2v) is 5.28. The largest absolute Gasteiger partial charge is 0.486 e. The van der Waals surface area contributed by atoms with Crippen molar-refractivity contribution in [3.63, 3.8) is 0 Å². The average molecular weight is 244 g/mol. The van der Waals surface area contributed by atoms with Crippen LogP contribution in [-0.2, 0) is 0 Å². The van der Waals surface area contributed by atoms with Crippen LogP contribution in [0.5, 0.6) is 5.75 Å². The highest BCUT2D eigenvalue weighted by atomic mass is 16.5. The SMILES string of the molecule is O=Cc1cccc2c1C(=O)CC1(CCCCC1)O2. The monoisotopic (exact) mass is 244 g/mol. The van der Waals surface area contributed by atoms with Gasteiger partial charge in [-0.05, 0) is 31.7 Å². The van der Waals surface area contributed by atoms with Gasteiger partial charge in [-0.3, -0.25) is 9.59 Å². The van der Waals surface area contributed by atoms with Crippen molar-refractivity contribution >= 4 is 12.1 Å². The van der Waals surface area contributed by atoms with Crippen molar-refractivity contribution in [3.8, 4) is 5.75 Å². The fraction of sp³-hybridized carbons (Fsp3) is 0.467. The number of aldehydes is 1. The first-order valence-electron chi connectivity index (χ1n) is 6.54. The molecule has 0 N–H and O–H groups in total. The highest BCUT2D eigenvalue weighted by molar-refractivity contribution is 6.06. The predicted octanol–water partition coefficient (Wildman–Crippen LogP) is 3.17. The highest BCUT2D eigenvalue weighted by Gasteiger charge is 2.41. The van der Waals surface area contributed by atoms with Crippen molar-refractivity contribution in [3.05, 3.63) is 29.3 Å². The zero-order chi connectivity index (χ0) is 12.6. The van der Waals surface area contributed by atoms with Crippen LogP contribution in [-0.4, -0.2) is 17.7 Å². The van der Waals surface area contributed by atoms with E-state index >= 15 is 0 Å². The first-order valence-corrected chi connectivity index (χ1v) is 6.54. The minimum absolute atomic E-state index is 0.0563. The van der Waals surface area contributed by atoms with Gasteiger partial charge >= 0.3 is 0 Å². The molecule has 3 rings (SSSR count). The molecule has 0 radical (unpaired) electrons. The molecule has 1 spiro atoms. The third-order valence-electron chi connectivity index (χ3n) is 4.04. The maximum absolute atomic E-state index is 12.3. The van der Waals surface area contributed by atoms with Crippen LogP contribution in [0.15, 0.2) is 18.2 Å². The topological polar surface area (TPSA) is 43.4 Å². The molecule has 1 heterocycles. The summed E-state index contributed by atoms with van der Waals surface area (Å²) < 4.78 is 6.09. The summed E-state index contributed by atoms with van der Waals surface area (Å²) in [6, 6.07) is 5.25. The molecular weight excluding hydrogens is 228 g/mol. The van der Waals surface area contributed by atoms with Crippen molar-refractivity contribution in [1.82, 2.24) is 0 Å². The van der Waals surface area contributed by atoms with Crippen LogP contribution in [0.1, 0.15) is 59.2 Å². The Kier molecular flexibility index (Phi) is 2.69. The van der Waals surface area contributed by atoms with Crippen molar-refractivity contribution in [2.45, 2.75) is 44.1 Å². The van der Waals surface area contributed by atoms with Gasteiger partial charge in [0.25, 0.3) is 0 Å². The number of ether oxygens (including phenoxy) is 1. The lowest BCUT2D eigenvalue weighted by molar-refractivity contribution is 0.0134. The van der Waals surface area contributed by atoms with E-state index in [1.54, 1.807) is 18.2 Å². The highest BCUT2D eigenvalue weighted by Crippen LogP contribution is 2.42. The van der Waals surface area contributed by atoms with Gasteiger partial charge in [-0.1, -0.05) is 18.6 Å². The summed E-state index contributed by atoms with van der Waals surface area (Å²) >= 11 is 0. The second-order valence-electron chi connectivity index (χ2n) is 5.28. The number of carbonyl (C=O) groups is 2. The Balaban J connectivity index is 2.02.